The minimum Gasteiger partial charge on any atom is -0.256 e. The Balaban J connectivity index is 1.48. The summed E-state index contributed by atoms with van der Waals surface area (Å²) < 4.78 is 0. The first-order valence-electron chi connectivity index (χ1n) is 13.9. The lowest BCUT2D eigenvalue weighted by molar-refractivity contribution is 1.33. The quantitative estimate of drug-likeness (QED) is 0.224. The highest BCUT2D eigenvalue weighted by atomic mass is 14.7. The molecule has 0 saturated carbocycles. The summed E-state index contributed by atoms with van der Waals surface area (Å²) in [7, 11) is 0. The summed E-state index contributed by atoms with van der Waals surface area (Å²) in [4.78, 5) is 9.54. The normalized spacial score (nSPS) is 11.0. The number of fused-ring (bicyclic) bond motifs is 1. The fraction of sp³-hybridized carbons (Fsp3) is 0.0256. The highest BCUT2D eigenvalue weighted by molar-refractivity contribution is 6.11. The van der Waals surface area contributed by atoms with Crippen LogP contribution in [0.1, 0.15) is 5.56 Å². The molecule has 0 saturated heterocycles. The standard InChI is InChI=1S/C39H28N2/c1-27-18-19-31(26-36(27)28-11-4-2-5-12-28)33-20-21-34(30-15-10-16-32(25-30)37-17-8-9-23-40-37)38-35(33)22-24-41-39(38)29-13-6-3-7-14-29/h2-26H,1H3. The highest BCUT2D eigenvalue weighted by Crippen LogP contribution is 2.41. The Morgan fingerprint density at radius 3 is 1.88 bits per heavy atom. The van der Waals surface area contributed by atoms with Gasteiger partial charge in [0.1, 0.15) is 0 Å². The number of hydrogen-bond acceptors (Lipinski definition) is 2. The molecule has 0 spiro atoms. The van der Waals surface area contributed by atoms with Crippen molar-refractivity contribution < 1.29 is 0 Å². The van der Waals surface area contributed by atoms with Crippen molar-refractivity contribution in [1.29, 1.82) is 0 Å². The van der Waals surface area contributed by atoms with Crippen molar-refractivity contribution in [3.05, 3.63) is 157 Å². The van der Waals surface area contributed by atoms with Crippen molar-refractivity contribution in [3.63, 3.8) is 0 Å². The van der Waals surface area contributed by atoms with Crippen LogP contribution < -0.4 is 0 Å². The van der Waals surface area contributed by atoms with Gasteiger partial charge in [-0.2, -0.15) is 0 Å². The van der Waals surface area contributed by atoms with Gasteiger partial charge in [-0.1, -0.05) is 109 Å². The Kier molecular flexibility index (Phi) is 6.42. The number of hydrogen-bond donors (Lipinski definition) is 0. The van der Waals surface area contributed by atoms with Crippen LogP contribution >= 0.6 is 0 Å². The summed E-state index contributed by atoms with van der Waals surface area (Å²) in [6.45, 7) is 2.18. The Morgan fingerprint density at radius 2 is 1.10 bits per heavy atom. The Bertz CT molecular complexity index is 1980. The van der Waals surface area contributed by atoms with Crippen LogP contribution in [0.5, 0.6) is 0 Å². The molecule has 0 aliphatic carbocycles. The molecule has 0 aliphatic rings. The van der Waals surface area contributed by atoms with E-state index in [1.807, 2.05) is 24.5 Å². The molecule has 2 nitrogen and oxygen atoms in total. The highest BCUT2D eigenvalue weighted by Gasteiger charge is 2.16. The molecule has 0 N–H and O–H groups in total. The fourth-order valence-corrected chi connectivity index (χ4v) is 5.70. The average Bonchev–Trinajstić information content (AvgIpc) is 3.05. The van der Waals surface area contributed by atoms with E-state index in [4.69, 9.17) is 4.98 Å². The van der Waals surface area contributed by atoms with E-state index in [9.17, 15) is 0 Å². The van der Waals surface area contributed by atoms with Gasteiger partial charge in [-0.25, -0.2) is 0 Å². The summed E-state index contributed by atoms with van der Waals surface area (Å²) in [6, 6.07) is 49.3. The smallest absolute Gasteiger partial charge is 0.0786 e. The first-order chi connectivity index (χ1) is 20.3. The average molecular weight is 525 g/mol. The minimum atomic E-state index is 0.963. The SMILES string of the molecule is Cc1ccc(-c2ccc(-c3cccc(-c4ccccn4)c3)c3c(-c4ccccc4)nccc23)cc1-c1ccccc1. The predicted molar refractivity (Wildman–Crippen MR) is 171 cm³/mol. The zero-order valence-corrected chi connectivity index (χ0v) is 22.8. The molecular formula is C39H28N2. The van der Waals surface area contributed by atoms with Gasteiger partial charge in [-0.3, -0.25) is 9.97 Å². The molecule has 41 heavy (non-hydrogen) atoms. The summed E-state index contributed by atoms with van der Waals surface area (Å²) in [5.74, 6) is 0. The second-order valence-corrected chi connectivity index (χ2v) is 10.3. The summed E-state index contributed by atoms with van der Waals surface area (Å²) in [6.07, 6.45) is 3.78. The van der Waals surface area contributed by atoms with Gasteiger partial charge in [0.05, 0.1) is 11.4 Å². The fourth-order valence-electron chi connectivity index (χ4n) is 5.70. The number of rotatable bonds is 5. The predicted octanol–water partition coefficient (Wildman–Crippen LogP) is 10.3. The zero-order valence-electron chi connectivity index (χ0n) is 22.8. The number of pyridine rings is 2. The van der Waals surface area contributed by atoms with Crippen LogP contribution in [0.4, 0.5) is 0 Å². The number of benzene rings is 5. The van der Waals surface area contributed by atoms with Gasteiger partial charge < -0.3 is 0 Å². The third-order valence-corrected chi connectivity index (χ3v) is 7.74. The van der Waals surface area contributed by atoms with Gasteiger partial charge in [0.15, 0.2) is 0 Å². The number of aryl methyl sites for hydroxylation is 1. The van der Waals surface area contributed by atoms with Crippen LogP contribution in [-0.2, 0) is 0 Å². The van der Waals surface area contributed by atoms with E-state index in [2.05, 4.69) is 139 Å². The Labute approximate surface area is 240 Å². The van der Waals surface area contributed by atoms with E-state index < -0.39 is 0 Å². The van der Waals surface area contributed by atoms with Crippen LogP contribution in [0, 0.1) is 6.92 Å². The molecule has 7 rings (SSSR count). The molecule has 7 aromatic rings. The van der Waals surface area contributed by atoms with Crippen LogP contribution in [0.2, 0.25) is 0 Å². The first-order valence-corrected chi connectivity index (χ1v) is 13.9. The van der Waals surface area contributed by atoms with Crippen LogP contribution in [0.25, 0.3) is 66.7 Å². The second kappa shape index (κ2) is 10.7. The van der Waals surface area contributed by atoms with Gasteiger partial charge in [0, 0.05) is 28.9 Å². The van der Waals surface area contributed by atoms with Gasteiger partial charge in [0.25, 0.3) is 0 Å². The molecule has 2 heteroatoms. The van der Waals surface area contributed by atoms with E-state index in [0.717, 1.165) is 39.0 Å². The molecule has 0 aliphatic heterocycles. The van der Waals surface area contributed by atoms with E-state index in [1.165, 1.54) is 33.2 Å². The molecule has 0 unspecified atom stereocenters. The molecule has 2 aromatic heterocycles. The Hall–Kier alpha value is -5.34. The first kappa shape index (κ1) is 24.7. The maximum absolute atomic E-state index is 4.95. The van der Waals surface area contributed by atoms with Crippen molar-refractivity contribution in [2.45, 2.75) is 6.92 Å². The van der Waals surface area contributed by atoms with Crippen LogP contribution in [0.3, 0.4) is 0 Å². The molecule has 5 aromatic carbocycles. The lowest BCUT2D eigenvalue weighted by atomic mass is 9.88. The van der Waals surface area contributed by atoms with E-state index in [0.29, 0.717) is 0 Å². The second-order valence-electron chi connectivity index (χ2n) is 10.3. The van der Waals surface area contributed by atoms with Gasteiger partial charge >= 0.3 is 0 Å². The molecule has 0 atom stereocenters. The Morgan fingerprint density at radius 1 is 0.415 bits per heavy atom. The molecule has 0 bridgehead atoms. The number of aromatic nitrogens is 2. The molecular weight excluding hydrogens is 496 g/mol. The van der Waals surface area contributed by atoms with Crippen molar-refractivity contribution in [2.24, 2.45) is 0 Å². The lowest BCUT2D eigenvalue weighted by Crippen LogP contribution is -1.93. The molecule has 0 amide bonds. The largest absolute Gasteiger partial charge is 0.256 e. The van der Waals surface area contributed by atoms with E-state index in [1.54, 1.807) is 0 Å². The van der Waals surface area contributed by atoms with Crippen LogP contribution in [0.15, 0.2) is 152 Å². The van der Waals surface area contributed by atoms with E-state index in [-0.39, 0.29) is 0 Å². The molecule has 194 valence electrons. The molecule has 0 fully saturated rings. The topological polar surface area (TPSA) is 25.8 Å². The van der Waals surface area contributed by atoms with Gasteiger partial charge in [0.2, 0.25) is 0 Å². The van der Waals surface area contributed by atoms with Gasteiger partial charge in [-0.15, -0.1) is 0 Å². The lowest BCUT2D eigenvalue weighted by Gasteiger charge is -2.17. The monoisotopic (exact) mass is 524 g/mol. The summed E-state index contributed by atoms with van der Waals surface area (Å²) in [5, 5.41) is 2.33. The van der Waals surface area contributed by atoms with E-state index >= 15 is 0 Å². The number of nitrogens with zero attached hydrogens (tertiary/aromatic N) is 2. The maximum Gasteiger partial charge on any atom is 0.0786 e. The summed E-state index contributed by atoms with van der Waals surface area (Å²) in [5.41, 5.74) is 12.6. The zero-order chi connectivity index (χ0) is 27.6. The van der Waals surface area contributed by atoms with Crippen molar-refractivity contribution in [3.8, 4) is 55.9 Å². The summed E-state index contributed by atoms with van der Waals surface area (Å²) >= 11 is 0. The van der Waals surface area contributed by atoms with Crippen molar-refractivity contribution in [1.82, 2.24) is 9.97 Å². The molecule has 0 radical (unpaired) electrons. The maximum atomic E-state index is 4.95. The third-order valence-electron chi connectivity index (χ3n) is 7.74. The van der Waals surface area contributed by atoms with Crippen LogP contribution in [-0.4, -0.2) is 9.97 Å². The third kappa shape index (κ3) is 4.70. The van der Waals surface area contributed by atoms with Gasteiger partial charge in [-0.05, 0) is 81.6 Å². The minimum absolute atomic E-state index is 0.963. The van der Waals surface area contributed by atoms with Crippen molar-refractivity contribution >= 4 is 10.8 Å². The van der Waals surface area contributed by atoms with Crippen molar-refractivity contribution in [2.75, 3.05) is 0 Å². The molecule has 2 heterocycles.